The first-order valence-electron chi connectivity index (χ1n) is 7.99. The summed E-state index contributed by atoms with van der Waals surface area (Å²) in [6, 6.07) is 14.4. The topological polar surface area (TPSA) is 72.2 Å². The van der Waals surface area contributed by atoms with Gasteiger partial charge in [-0.2, -0.15) is 0 Å². The highest BCUT2D eigenvalue weighted by molar-refractivity contribution is 5.91. The third-order valence-electron chi connectivity index (χ3n) is 4.33. The van der Waals surface area contributed by atoms with E-state index in [1.54, 1.807) is 18.2 Å². The standard InChI is InChI=1S/C18H16N4O2/c23-22(24)16-10-4-2-8-14(16)17-19-15-9-3-1-7-13(15)18(20-17)21-11-5-6-12-21/h1-4,7-10H,5-6,11-12H2. The normalized spacial score (nSPS) is 14.2. The van der Waals surface area contributed by atoms with Gasteiger partial charge in [0, 0.05) is 24.5 Å². The van der Waals surface area contributed by atoms with Gasteiger partial charge in [-0.3, -0.25) is 10.1 Å². The molecular formula is C18H16N4O2. The smallest absolute Gasteiger partial charge is 0.280 e. The number of anilines is 1. The van der Waals surface area contributed by atoms with Crippen LogP contribution < -0.4 is 4.90 Å². The minimum atomic E-state index is -0.386. The monoisotopic (exact) mass is 320 g/mol. The van der Waals surface area contributed by atoms with E-state index in [2.05, 4.69) is 9.88 Å². The molecule has 0 N–H and O–H groups in total. The van der Waals surface area contributed by atoms with Gasteiger partial charge in [-0.25, -0.2) is 9.97 Å². The van der Waals surface area contributed by atoms with Crippen molar-refractivity contribution in [3.05, 3.63) is 58.6 Å². The Morgan fingerprint density at radius 1 is 0.958 bits per heavy atom. The molecule has 0 spiro atoms. The molecule has 1 aliphatic rings. The van der Waals surface area contributed by atoms with Crippen molar-refractivity contribution >= 4 is 22.4 Å². The van der Waals surface area contributed by atoms with Crippen molar-refractivity contribution in [1.82, 2.24) is 9.97 Å². The zero-order chi connectivity index (χ0) is 16.5. The molecule has 1 aromatic heterocycles. The Labute approximate surface area is 138 Å². The molecule has 120 valence electrons. The molecule has 0 amide bonds. The number of nitrogens with zero attached hydrogens (tertiary/aromatic N) is 4. The van der Waals surface area contributed by atoms with E-state index in [1.807, 2.05) is 24.3 Å². The minimum absolute atomic E-state index is 0.0279. The van der Waals surface area contributed by atoms with Gasteiger partial charge >= 0.3 is 0 Å². The molecule has 1 saturated heterocycles. The van der Waals surface area contributed by atoms with Crippen molar-refractivity contribution in [3.63, 3.8) is 0 Å². The zero-order valence-electron chi connectivity index (χ0n) is 13.1. The van der Waals surface area contributed by atoms with Crippen LogP contribution in [0.25, 0.3) is 22.3 Å². The summed E-state index contributed by atoms with van der Waals surface area (Å²) < 4.78 is 0. The molecule has 0 unspecified atom stereocenters. The van der Waals surface area contributed by atoms with Crippen molar-refractivity contribution in [3.8, 4) is 11.4 Å². The fourth-order valence-electron chi connectivity index (χ4n) is 3.17. The van der Waals surface area contributed by atoms with Crippen molar-refractivity contribution < 1.29 is 4.92 Å². The lowest BCUT2D eigenvalue weighted by molar-refractivity contribution is -0.384. The summed E-state index contributed by atoms with van der Waals surface area (Å²) in [5.41, 5.74) is 1.29. The van der Waals surface area contributed by atoms with Crippen LogP contribution in [0.15, 0.2) is 48.5 Å². The van der Waals surface area contributed by atoms with Crippen molar-refractivity contribution in [2.24, 2.45) is 0 Å². The van der Waals surface area contributed by atoms with Crippen LogP contribution in [0.2, 0.25) is 0 Å². The largest absolute Gasteiger partial charge is 0.356 e. The number of para-hydroxylation sites is 2. The summed E-state index contributed by atoms with van der Waals surface area (Å²) in [5.74, 6) is 1.27. The molecule has 6 nitrogen and oxygen atoms in total. The minimum Gasteiger partial charge on any atom is -0.356 e. The van der Waals surface area contributed by atoms with Crippen molar-refractivity contribution in [2.45, 2.75) is 12.8 Å². The van der Waals surface area contributed by atoms with Gasteiger partial charge in [-0.05, 0) is 31.0 Å². The van der Waals surface area contributed by atoms with Crippen LogP contribution in [-0.2, 0) is 0 Å². The molecular weight excluding hydrogens is 304 g/mol. The molecule has 0 aliphatic carbocycles. The third kappa shape index (κ3) is 2.46. The lowest BCUT2D eigenvalue weighted by Crippen LogP contribution is -2.20. The Balaban J connectivity index is 1.95. The molecule has 2 heterocycles. The highest BCUT2D eigenvalue weighted by Gasteiger charge is 2.21. The number of hydrogen-bond acceptors (Lipinski definition) is 5. The fraction of sp³-hybridized carbons (Fsp3) is 0.222. The molecule has 3 aromatic rings. The van der Waals surface area contributed by atoms with Gasteiger partial charge in [0.05, 0.1) is 16.0 Å². The predicted molar refractivity (Wildman–Crippen MR) is 93.1 cm³/mol. The molecule has 2 aromatic carbocycles. The Bertz CT molecular complexity index is 920. The van der Waals surface area contributed by atoms with Crippen LogP contribution >= 0.6 is 0 Å². The predicted octanol–water partition coefficient (Wildman–Crippen LogP) is 3.81. The summed E-state index contributed by atoms with van der Waals surface area (Å²) in [6.45, 7) is 1.91. The highest BCUT2D eigenvalue weighted by Crippen LogP contribution is 2.32. The molecule has 0 atom stereocenters. The molecule has 4 rings (SSSR count). The number of aromatic nitrogens is 2. The van der Waals surface area contributed by atoms with Crippen LogP contribution in [0.4, 0.5) is 11.5 Å². The van der Waals surface area contributed by atoms with E-state index in [4.69, 9.17) is 4.98 Å². The maximum atomic E-state index is 11.3. The maximum Gasteiger partial charge on any atom is 0.280 e. The molecule has 24 heavy (non-hydrogen) atoms. The summed E-state index contributed by atoms with van der Waals surface area (Å²) >= 11 is 0. The van der Waals surface area contributed by atoms with E-state index in [9.17, 15) is 10.1 Å². The quantitative estimate of drug-likeness (QED) is 0.542. The molecule has 1 fully saturated rings. The first kappa shape index (κ1) is 14.6. The number of rotatable bonds is 3. The van der Waals surface area contributed by atoms with Crippen LogP contribution in [0, 0.1) is 10.1 Å². The first-order valence-corrected chi connectivity index (χ1v) is 7.99. The zero-order valence-corrected chi connectivity index (χ0v) is 13.1. The van der Waals surface area contributed by atoms with Gasteiger partial charge in [0.25, 0.3) is 5.69 Å². The third-order valence-corrected chi connectivity index (χ3v) is 4.33. The van der Waals surface area contributed by atoms with Crippen molar-refractivity contribution in [1.29, 1.82) is 0 Å². The van der Waals surface area contributed by atoms with E-state index < -0.39 is 0 Å². The second-order valence-electron chi connectivity index (χ2n) is 5.86. The Hall–Kier alpha value is -3.02. The fourth-order valence-corrected chi connectivity index (χ4v) is 3.17. The lowest BCUT2D eigenvalue weighted by atomic mass is 10.1. The number of hydrogen-bond donors (Lipinski definition) is 0. The number of nitro groups is 1. The molecule has 6 heteroatoms. The summed E-state index contributed by atoms with van der Waals surface area (Å²) in [6.07, 6.45) is 2.28. The Morgan fingerprint density at radius 2 is 1.67 bits per heavy atom. The lowest BCUT2D eigenvalue weighted by Gasteiger charge is -2.19. The highest BCUT2D eigenvalue weighted by atomic mass is 16.6. The summed E-state index contributed by atoms with van der Waals surface area (Å²) in [7, 11) is 0. The van der Waals surface area contributed by atoms with E-state index in [0.717, 1.165) is 42.7 Å². The van der Waals surface area contributed by atoms with Crippen LogP contribution in [0.3, 0.4) is 0 Å². The number of fused-ring (bicyclic) bond motifs is 1. The average Bonchev–Trinajstić information content (AvgIpc) is 3.15. The van der Waals surface area contributed by atoms with E-state index >= 15 is 0 Å². The van der Waals surface area contributed by atoms with E-state index in [-0.39, 0.29) is 10.6 Å². The van der Waals surface area contributed by atoms with Gasteiger partial charge in [0.15, 0.2) is 5.82 Å². The second-order valence-corrected chi connectivity index (χ2v) is 5.86. The SMILES string of the molecule is O=[N+]([O-])c1ccccc1-c1nc(N2CCCC2)c2ccccc2n1. The molecule has 0 radical (unpaired) electrons. The van der Waals surface area contributed by atoms with Gasteiger partial charge in [0.2, 0.25) is 0 Å². The van der Waals surface area contributed by atoms with Gasteiger partial charge in [-0.1, -0.05) is 24.3 Å². The van der Waals surface area contributed by atoms with Gasteiger partial charge in [0.1, 0.15) is 5.82 Å². The number of benzene rings is 2. The molecule has 0 saturated carbocycles. The summed E-state index contributed by atoms with van der Waals surface area (Å²) in [5, 5.41) is 12.3. The Morgan fingerprint density at radius 3 is 2.46 bits per heavy atom. The average molecular weight is 320 g/mol. The van der Waals surface area contributed by atoms with Crippen LogP contribution in [0.1, 0.15) is 12.8 Å². The van der Waals surface area contributed by atoms with Crippen molar-refractivity contribution in [2.75, 3.05) is 18.0 Å². The Kier molecular flexibility index (Phi) is 3.57. The maximum absolute atomic E-state index is 11.3. The molecule has 0 bridgehead atoms. The summed E-state index contributed by atoms with van der Waals surface area (Å²) in [4.78, 5) is 22.5. The second kappa shape index (κ2) is 5.88. The van der Waals surface area contributed by atoms with E-state index in [0.29, 0.717) is 11.4 Å². The van der Waals surface area contributed by atoms with Gasteiger partial charge in [-0.15, -0.1) is 0 Å². The van der Waals surface area contributed by atoms with Gasteiger partial charge < -0.3 is 4.90 Å². The molecule has 1 aliphatic heterocycles. The van der Waals surface area contributed by atoms with Crippen LogP contribution in [0.5, 0.6) is 0 Å². The van der Waals surface area contributed by atoms with Crippen LogP contribution in [-0.4, -0.2) is 28.0 Å². The first-order chi connectivity index (χ1) is 11.7. The van der Waals surface area contributed by atoms with E-state index in [1.165, 1.54) is 6.07 Å². The number of nitro benzene ring substituents is 1.